The number of amidine groups is 1. The molecule has 3 aliphatic heterocycles. The second kappa shape index (κ2) is 10.1. The zero-order valence-corrected chi connectivity index (χ0v) is 21.6. The first-order valence-corrected chi connectivity index (χ1v) is 12.7. The van der Waals surface area contributed by atoms with Crippen LogP contribution in [0.15, 0.2) is 94.1 Å². The molecule has 7 rings (SSSR count). The standard InChI is InChI=1S/C22H11ClF5N3.C8H7NO/c23-16-3-2-13(24)8-15(16)19-18-10(9-29-19)1-4-17-20(18)31-21(30-17)11-5-12(22(26,27)28)7-14(25)6-11;10-7-2-1-6-3-4-9-8(6)5-7/h1-9,19,29H;1-3,5,9H,4H2. The van der Waals surface area contributed by atoms with Crippen molar-refractivity contribution in [3.05, 3.63) is 134 Å². The maximum absolute atomic E-state index is 13.9. The molecule has 11 heteroatoms. The highest BCUT2D eigenvalue weighted by atomic mass is 35.5. The van der Waals surface area contributed by atoms with E-state index in [0.717, 1.165) is 35.2 Å². The molecule has 5 nitrogen and oxygen atoms in total. The first-order chi connectivity index (χ1) is 19.6. The lowest BCUT2D eigenvalue weighted by Gasteiger charge is -2.16. The van der Waals surface area contributed by atoms with Gasteiger partial charge in [0.2, 0.25) is 0 Å². The van der Waals surface area contributed by atoms with Crippen LogP contribution in [0.25, 0.3) is 6.20 Å². The Hall–Kier alpha value is -4.57. The third-order valence-electron chi connectivity index (χ3n) is 6.76. The topological polar surface area (TPSA) is 65.8 Å². The Morgan fingerprint density at radius 2 is 1.78 bits per heavy atom. The smallest absolute Gasteiger partial charge is 0.381 e. The largest absolute Gasteiger partial charge is 0.416 e. The summed E-state index contributed by atoms with van der Waals surface area (Å²) in [5.41, 5.74) is 2.45. The monoisotopic (exact) mass is 580 g/mol. The van der Waals surface area contributed by atoms with Gasteiger partial charge in [-0.2, -0.15) is 13.2 Å². The number of hydrogen-bond acceptors (Lipinski definition) is 5. The van der Waals surface area contributed by atoms with Crippen molar-refractivity contribution in [2.45, 2.75) is 12.2 Å². The summed E-state index contributed by atoms with van der Waals surface area (Å²) in [4.78, 5) is 19.5. The minimum Gasteiger partial charge on any atom is -0.381 e. The van der Waals surface area contributed by atoms with Gasteiger partial charge in [0.1, 0.15) is 11.6 Å². The summed E-state index contributed by atoms with van der Waals surface area (Å²) in [6.45, 7) is 0.846. The van der Waals surface area contributed by atoms with E-state index < -0.39 is 29.4 Å². The summed E-state index contributed by atoms with van der Waals surface area (Å²) >= 11 is 6.27. The fourth-order valence-electron chi connectivity index (χ4n) is 4.88. The van der Waals surface area contributed by atoms with Crippen LogP contribution in [0, 0.1) is 11.6 Å². The number of benzene rings is 3. The summed E-state index contributed by atoms with van der Waals surface area (Å²) in [5, 5.41) is 7.74. The molecular weight excluding hydrogens is 563 g/mol. The van der Waals surface area contributed by atoms with E-state index in [4.69, 9.17) is 11.6 Å². The van der Waals surface area contributed by atoms with E-state index in [0.29, 0.717) is 33.3 Å². The van der Waals surface area contributed by atoms with Crippen molar-refractivity contribution in [3.8, 4) is 0 Å². The number of fused-ring (bicyclic) bond motifs is 4. The van der Waals surface area contributed by atoms with Crippen LogP contribution < -0.4 is 21.2 Å². The average molecular weight is 581 g/mol. The Bertz CT molecular complexity index is 1870. The molecule has 41 heavy (non-hydrogen) atoms. The predicted molar refractivity (Wildman–Crippen MR) is 144 cm³/mol. The highest BCUT2D eigenvalue weighted by Gasteiger charge is 2.32. The number of nitrogens with zero attached hydrogens (tertiary/aromatic N) is 2. The van der Waals surface area contributed by atoms with Gasteiger partial charge in [0.05, 0.1) is 22.6 Å². The van der Waals surface area contributed by atoms with Crippen molar-refractivity contribution in [2.75, 3.05) is 6.54 Å². The molecule has 1 aliphatic carbocycles. The molecule has 3 heterocycles. The second-order valence-electron chi connectivity index (χ2n) is 9.45. The minimum absolute atomic E-state index is 0.0376. The zero-order valence-electron chi connectivity index (χ0n) is 20.9. The first-order valence-electron chi connectivity index (χ1n) is 12.3. The summed E-state index contributed by atoms with van der Waals surface area (Å²) in [7, 11) is 0. The Balaban J connectivity index is 0.000000253. The molecule has 0 saturated heterocycles. The Morgan fingerprint density at radius 3 is 2.59 bits per heavy atom. The number of alkyl halides is 3. The molecule has 3 aromatic rings. The third kappa shape index (κ3) is 5.18. The number of halogens is 6. The van der Waals surface area contributed by atoms with Gasteiger partial charge >= 0.3 is 6.18 Å². The van der Waals surface area contributed by atoms with Crippen molar-refractivity contribution in [2.24, 2.45) is 9.98 Å². The number of nitrogens with one attached hydrogen (secondary N) is 2. The van der Waals surface area contributed by atoms with E-state index in [1.165, 1.54) is 18.2 Å². The van der Waals surface area contributed by atoms with E-state index in [-0.39, 0.29) is 17.2 Å². The summed E-state index contributed by atoms with van der Waals surface area (Å²) in [6.07, 6.45) is 4.13. The van der Waals surface area contributed by atoms with Gasteiger partial charge in [0.25, 0.3) is 0 Å². The van der Waals surface area contributed by atoms with E-state index in [2.05, 4.69) is 26.7 Å². The van der Waals surface area contributed by atoms with Gasteiger partial charge in [0.15, 0.2) is 11.6 Å². The highest BCUT2D eigenvalue weighted by molar-refractivity contribution is 6.31. The number of aliphatic imine (C=N–C) groups is 1. The van der Waals surface area contributed by atoms with Crippen LogP contribution in [0.2, 0.25) is 5.02 Å². The summed E-state index contributed by atoms with van der Waals surface area (Å²) in [5.74, 6) is -1.47. The van der Waals surface area contributed by atoms with Crippen LogP contribution in [0.5, 0.6) is 0 Å². The number of ketones is 1. The fraction of sp³-hybridized carbons (Fsp3) is 0.100. The van der Waals surface area contributed by atoms with Crippen molar-refractivity contribution in [1.29, 1.82) is 0 Å². The normalized spacial score (nSPS) is 17.9. The van der Waals surface area contributed by atoms with Gasteiger partial charge in [0, 0.05) is 46.2 Å². The zero-order chi connectivity index (χ0) is 28.9. The van der Waals surface area contributed by atoms with Crippen LogP contribution in [0.3, 0.4) is 0 Å². The van der Waals surface area contributed by atoms with Gasteiger partial charge < -0.3 is 10.6 Å². The van der Waals surface area contributed by atoms with E-state index >= 15 is 0 Å². The van der Waals surface area contributed by atoms with Crippen LogP contribution in [-0.4, -0.2) is 18.2 Å². The Kier molecular flexibility index (Phi) is 6.57. The molecule has 0 radical (unpaired) electrons. The van der Waals surface area contributed by atoms with Crippen LogP contribution in [0.4, 0.5) is 27.6 Å². The number of carbonyl (C=O) groups is 1. The van der Waals surface area contributed by atoms with Gasteiger partial charge in [-0.05, 0) is 65.4 Å². The molecule has 0 aromatic heterocycles. The lowest BCUT2D eigenvalue weighted by atomic mass is 9.97. The van der Waals surface area contributed by atoms with Crippen molar-refractivity contribution >= 4 is 35.1 Å². The van der Waals surface area contributed by atoms with E-state index in [1.807, 2.05) is 6.08 Å². The first kappa shape index (κ1) is 26.6. The molecule has 4 aliphatic rings. The summed E-state index contributed by atoms with van der Waals surface area (Å²) in [6, 6.07) is 9.09. The molecule has 1 unspecified atom stereocenters. The van der Waals surface area contributed by atoms with Gasteiger partial charge in [-0.25, -0.2) is 18.8 Å². The number of hydrogen-bond donors (Lipinski definition) is 2. The molecule has 1 atom stereocenters. The number of carbonyl (C=O) groups excluding carboxylic acids is 1. The Labute approximate surface area is 234 Å². The SMILES string of the molecule is Fc1cc(C2=Nc3c4c(ccc3=N2)=CNC4c2cc(F)ccc2Cl)cc(C(F)(F)F)c1.O=C1C=CC2=CCNC2=C1. The van der Waals surface area contributed by atoms with Gasteiger partial charge in [-0.15, -0.1) is 0 Å². The number of allylic oxidation sites excluding steroid dienone is 3. The van der Waals surface area contributed by atoms with Crippen molar-refractivity contribution in [3.63, 3.8) is 0 Å². The molecule has 3 aromatic carbocycles. The fourth-order valence-corrected chi connectivity index (χ4v) is 5.11. The van der Waals surface area contributed by atoms with Gasteiger partial charge in [-0.1, -0.05) is 23.7 Å². The van der Waals surface area contributed by atoms with E-state index in [9.17, 15) is 26.7 Å². The average Bonchev–Trinajstić information content (AvgIpc) is 3.67. The molecule has 0 bridgehead atoms. The molecular formula is C30H18ClF5N4O. The minimum atomic E-state index is -4.71. The predicted octanol–water partition coefficient (Wildman–Crippen LogP) is 5.32. The number of rotatable bonds is 2. The lowest BCUT2D eigenvalue weighted by molar-refractivity contribution is -0.137. The van der Waals surface area contributed by atoms with Crippen LogP contribution in [0.1, 0.15) is 28.3 Å². The molecule has 206 valence electrons. The Morgan fingerprint density at radius 1 is 0.951 bits per heavy atom. The van der Waals surface area contributed by atoms with Crippen molar-refractivity contribution < 1.29 is 26.7 Å². The second-order valence-corrected chi connectivity index (χ2v) is 9.86. The molecule has 0 spiro atoms. The maximum atomic E-state index is 13.9. The lowest BCUT2D eigenvalue weighted by Crippen LogP contribution is -2.17. The highest BCUT2D eigenvalue weighted by Crippen LogP contribution is 2.35. The maximum Gasteiger partial charge on any atom is 0.416 e. The van der Waals surface area contributed by atoms with Gasteiger partial charge in [-0.3, -0.25) is 4.79 Å². The van der Waals surface area contributed by atoms with Crippen LogP contribution >= 0.6 is 11.6 Å². The molecule has 0 fully saturated rings. The van der Waals surface area contributed by atoms with E-state index in [1.54, 1.807) is 30.5 Å². The van der Waals surface area contributed by atoms with Crippen LogP contribution in [-0.2, 0) is 11.0 Å². The third-order valence-corrected chi connectivity index (χ3v) is 7.10. The molecule has 2 N–H and O–H groups in total. The molecule has 0 saturated carbocycles. The summed E-state index contributed by atoms with van der Waals surface area (Å²) < 4.78 is 67.0. The quantitative estimate of drug-likeness (QED) is 0.404. The van der Waals surface area contributed by atoms with Crippen molar-refractivity contribution in [1.82, 2.24) is 10.6 Å². The molecule has 0 amide bonds.